The average molecular weight is 460 g/mol. The second-order valence-corrected chi connectivity index (χ2v) is 8.87. The first-order chi connectivity index (χ1) is 14.6. The summed E-state index contributed by atoms with van der Waals surface area (Å²) in [6, 6.07) is 12.5. The number of halogens is 2. The molecule has 1 aromatic heterocycles. The van der Waals surface area contributed by atoms with Crippen LogP contribution in [-0.4, -0.2) is 40.6 Å². The van der Waals surface area contributed by atoms with Crippen molar-refractivity contribution in [2.45, 2.75) is 32.4 Å². The van der Waals surface area contributed by atoms with E-state index in [0.717, 1.165) is 53.8 Å². The number of hydrogen-bond acceptors (Lipinski definition) is 3. The van der Waals surface area contributed by atoms with Crippen molar-refractivity contribution in [2.24, 2.45) is 5.92 Å². The fourth-order valence-corrected chi connectivity index (χ4v) is 5.06. The van der Waals surface area contributed by atoms with E-state index in [1.54, 1.807) is 0 Å². The summed E-state index contributed by atoms with van der Waals surface area (Å²) in [5, 5.41) is 13.8. The molecule has 3 heterocycles. The molecule has 2 aromatic carbocycles. The van der Waals surface area contributed by atoms with Crippen molar-refractivity contribution >= 4 is 40.8 Å². The van der Waals surface area contributed by atoms with E-state index < -0.39 is 0 Å². The van der Waals surface area contributed by atoms with E-state index in [0.29, 0.717) is 29.7 Å². The number of likely N-dealkylation sites (tertiary alicyclic amines) is 1. The van der Waals surface area contributed by atoms with Gasteiger partial charge in [-0.1, -0.05) is 23.7 Å². The van der Waals surface area contributed by atoms with Crippen molar-refractivity contribution in [2.75, 3.05) is 19.7 Å². The fourth-order valence-electron chi connectivity index (χ4n) is 4.84. The molecule has 7 heteroatoms. The minimum Gasteiger partial charge on any atom is -0.396 e. The van der Waals surface area contributed by atoms with Gasteiger partial charge in [-0.05, 0) is 68.1 Å². The van der Waals surface area contributed by atoms with Crippen molar-refractivity contribution in [3.05, 3.63) is 58.1 Å². The second kappa shape index (κ2) is 9.21. The molecular formula is C24H27Cl2N3O2. The van der Waals surface area contributed by atoms with Crippen LogP contribution in [0, 0.1) is 5.92 Å². The number of rotatable bonds is 5. The standard InChI is InChI=1S/C24H26ClN3O2.ClH/c25-20-3-2-18(23-19(20)13-26-24(23)30)22-12-17-11-16(1-4-21(17)27-22)14-28-8-5-15(6-9-28)7-10-29;/h1-4,11-12,15,27,29H,5-10,13-14H2,(H,26,30);1H. The number of aromatic amines is 1. The minimum absolute atomic E-state index is 0. The number of fused-ring (bicyclic) bond motifs is 2. The molecule has 0 aliphatic carbocycles. The SMILES string of the molecule is Cl.O=C1NCc2c(Cl)ccc(-c3cc4cc(CN5CCC(CCO)CC5)ccc4[nH]3)c21. The first kappa shape index (κ1) is 22.2. The number of carbonyl (C=O) groups excluding carboxylic acids is 1. The van der Waals surface area contributed by atoms with Crippen LogP contribution in [0.1, 0.15) is 40.7 Å². The van der Waals surface area contributed by atoms with Crippen molar-refractivity contribution in [3.63, 3.8) is 0 Å². The Kier molecular flexibility index (Phi) is 6.58. The Morgan fingerprint density at radius 3 is 2.71 bits per heavy atom. The summed E-state index contributed by atoms with van der Waals surface area (Å²) in [5.41, 5.74) is 5.76. The number of aliphatic hydroxyl groups excluding tert-OH is 1. The van der Waals surface area contributed by atoms with Crippen LogP contribution in [-0.2, 0) is 13.1 Å². The Bertz CT molecular complexity index is 1100. The number of amides is 1. The number of H-pyrrole nitrogens is 1. The van der Waals surface area contributed by atoms with Crippen LogP contribution in [0.15, 0.2) is 36.4 Å². The average Bonchev–Trinajstić information content (AvgIpc) is 3.34. The van der Waals surface area contributed by atoms with E-state index in [1.165, 1.54) is 18.4 Å². The van der Waals surface area contributed by atoms with Gasteiger partial charge >= 0.3 is 0 Å². The molecule has 0 spiro atoms. The quantitative estimate of drug-likeness (QED) is 0.515. The van der Waals surface area contributed by atoms with Crippen LogP contribution in [0.5, 0.6) is 0 Å². The topological polar surface area (TPSA) is 68.4 Å². The summed E-state index contributed by atoms with van der Waals surface area (Å²) in [6.07, 6.45) is 3.26. The number of nitrogens with zero attached hydrogens (tertiary/aromatic N) is 1. The van der Waals surface area contributed by atoms with Crippen molar-refractivity contribution in [1.82, 2.24) is 15.2 Å². The number of aromatic nitrogens is 1. The summed E-state index contributed by atoms with van der Waals surface area (Å²) in [5.74, 6) is 0.603. The van der Waals surface area contributed by atoms with Gasteiger partial charge in [-0.3, -0.25) is 9.69 Å². The fraction of sp³-hybridized carbons (Fsp3) is 0.375. The normalized spacial score (nSPS) is 16.9. The predicted octanol–water partition coefficient (Wildman–Crippen LogP) is 4.75. The van der Waals surface area contributed by atoms with Gasteiger partial charge in [0.2, 0.25) is 0 Å². The third-order valence-corrected chi connectivity index (χ3v) is 6.89. The zero-order valence-electron chi connectivity index (χ0n) is 17.3. The number of nitrogens with one attached hydrogen (secondary N) is 2. The minimum atomic E-state index is -0.0635. The number of carbonyl (C=O) groups is 1. The predicted molar refractivity (Wildman–Crippen MR) is 127 cm³/mol. The molecule has 0 saturated carbocycles. The van der Waals surface area contributed by atoms with Gasteiger partial charge in [0.15, 0.2) is 0 Å². The molecule has 0 bridgehead atoms. The van der Waals surface area contributed by atoms with Crippen LogP contribution < -0.4 is 5.32 Å². The van der Waals surface area contributed by atoms with E-state index in [9.17, 15) is 4.79 Å². The maximum atomic E-state index is 12.4. The van der Waals surface area contributed by atoms with E-state index >= 15 is 0 Å². The van der Waals surface area contributed by atoms with Gasteiger partial charge in [0.25, 0.3) is 5.91 Å². The van der Waals surface area contributed by atoms with Gasteiger partial charge < -0.3 is 15.4 Å². The Balaban J connectivity index is 0.00000231. The third kappa shape index (κ3) is 4.33. The van der Waals surface area contributed by atoms with Crippen molar-refractivity contribution in [3.8, 4) is 11.3 Å². The van der Waals surface area contributed by atoms with Crippen LogP contribution in [0.3, 0.4) is 0 Å². The molecule has 164 valence electrons. The van der Waals surface area contributed by atoms with Crippen molar-refractivity contribution < 1.29 is 9.90 Å². The van der Waals surface area contributed by atoms with Gasteiger partial charge in [0.1, 0.15) is 0 Å². The zero-order chi connectivity index (χ0) is 20.7. The van der Waals surface area contributed by atoms with Crippen LogP contribution >= 0.6 is 24.0 Å². The molecule has 0 atom stereocenters. The molecular weight excluding hydrogens is 433 g/mol. The molecule has 1 fully saturated rings. The first-order valence-electron chi connectivity index (χ1n) is 10.7. The lowest BCUT2D eigenvalue weighted by atomic mass is 9.93. The lowest BCUT2D eigenvalue weighted by Gasteiger charge is -2.31. The number of benzene rings is 2. The lowest BCUT2D eigenvalue weighted by Crippen LogP contribution is -2.33. The number of hydrogen-bond donors (Lipinski definition) is 3. The van der Waals surface area contributed by atoms with Crippen molar-refractivity contribution in [1.29, 1.82) is 0 Å². The van der Waals surface area contributed by atoms with E-state index in [4.69, 9.17) is 16.7 Å². The van der Waals surface area contributed by atoms with E-state index in [2.05, 4.69) is 39.5 Å². The third-order valence-electron chi connectivity index (χ3n) is 6.53. The van der Waals surface area contributed by atoms with E-state index in [-0.39, 0.29) is 18.3 Å². The van der Waals surface area contributed by atoms with Gasteiger partial charge in [0, 0.05) is 52.4 Å². The zero-order valence-corrected chi connectivity index (χ0v) is 18.9. The van der Waals surface area contributed by atoms with Crippen LogP contribution in [0.2, 0.25) is 5.02 Å². The molecule has 2 aliphatic heterocycles. The molecule has 0 unspecified atom stereocenters. The highest BCUT2D eigenvalue weighted by atomic mass is 35.5. The highest BCUT2D eigenvalue weighted by molar-refractivity contribution is 6.32. The maximum Gasteiger partial charge on any atom is 0.252 e. The number of aliphatic hydroxyl groups is 1. The Morgan fingerprint density at radius 2 is 1.94 bits per heavy atom. The molecule has 1 saturated heterocycles. The molecule has 0 radical (unpaired) electrons. The largest absolute Gasteiger partial charge is 0.396 e. The Labute approximate surface area is 193 Å². The summed E-state index contributed by atoms with van der Waals surface area (Å²) in [4.78, 5) is 18.3. The molecule has 1 amide bonds. The lowest BCUT2D eigenvalue weighted by molar-refractivity contribution is 0.0966. The van der Waals surface area contributed by atoms with E-state index in [1.807, 2.05) is 12.1 Å². The smallest absolute Gasteiger partial charge is 0.252 e. The molecule has 5 nitrogen and oxygen atoms in total. The number of piperidine rings is 1. The van der Waals surface area contributed by atoms with Gasteiger partial charge in [0.05, 0.1) is 5.56 Å². The first-order valence-corrected chi connectivity index (χ1v) is 11.0. The second-order valence-electron chi connectivity index (χ2n) is 8.47. The Hall–Kier alpha value is -2.05. The molecule has 3 N–H and O–H groups in total. The van der Waals surface area contributed by atoms with Crippen LogP contribution in [0.4, 0.5) is 0 Å². The Morgan fingerprint density at radius 1 is 1.13 bits per heavy atom. The van der Waals surface area contributed by atoms with Gasteiger partial charge in [-0.15, -0.1) is 12.4 Å². The molecule has 31 heavy (non-hydrogen) atoms. The highest BCUT2D eigenvalue weighted by Crippen LogP contribution is 2.35. The van der Waals surface area contributed by atoms with Crippen LogP contribution in [0.25, 0.3) is 22.2 Å². The monoisotopic (exact) mass is 459 g/mol. The summed E-state index contributed by atoms with van der Waals surface area (Å²) < 4.78 is 0. The summed E-state index contributed by atoms with van der Waals surface area (Å²) in [6.45, 7) is 3.91. The molecule has 3 aromatic rings. The summed E-state index contributed by atoms with van der Waals surface area (Å²) >= 11 is 6.29. The molecule has 2 aliphatic rings. The summed E-state index contributed by atoms with van der Waals surface area (Å²) in [7, 11) is 0. The highest BCUT2D eigenvalue weighted by Gasteiger charge is 2.26. The van der Waals surface area contributed by atoms with Gasteiger partial charge in [-0.2, -0.15) is 0 Å². The van der Waals surface area contributed by atoms with Gasteiger partial charge in [-0.25, -0.2) is 0 Å². The molecule has 5 rings (SSSR count). The maximum absolute atomic E-state index is 12.4.